The summed E-state index contributed by atoms with van der Waals surface area (Å²) in [6.45, 7) is 1.99. The summed E-state index contributed by atoms with van der Waals surface area (Å²) in [5, 5.41) is 3.89. The highest BCUT2D eigenvalue weighted by Gasteiger charge is 2.09. The van der Waals surface area contributed by atoms with Crippen LogP contribution in [0.2, 0.25) is 5.02 Å². The van der Waals surface area contributed by atoms with Crippen molar-refractivity contribution in [3.8, 4) is 5.75 Å². The lowest BCUT2D eigenvalue weighted by Crippen LogP contribution is -2.12. The van der Waals surface area contributed by atoms with Gasteiger partial charge < -0.3 is 15.8 Å². The van der Waals surface area contributed by atoms with Crippen molar-refractivity contribution in [3.05, 3.63) is 52.5 Å². The predicted molar refractivity (Wildman–Crippen MR) is 88.4 cm³/mol. The van der Waals surface area contributed by atoms with Gasteiger partial charge in [-0.15, -0.1) is 0 Å². The third-order valence-corrected chi connectivity index (χ3v) is 3.33. The van der Waals surface area contributed by atoms with Gasteiger partial charge in [0.15, 0.2) is 0 Å². The third-order valence-electron chi connectivity index (χ3n) is 2.87. The lowest BCUT2D eigenvalue weighted by molar-refractivity contribution is 0.417. The fourth-order valence-corrected chi connectivity index (χ4v) is 2.23. The van der Waals surface area contributed by atoms with Crippen molar-refractivity contribution in [3.63, 3.8) is 0 Å². The van der Waals surface area contributed by atoms with Crippen LogP contribution in [0, 0.1) is 6.92 Å². The van der Waals surface area contributed by atoms with Gasteiger partial charge in [-0.25, -0.2) is 0 Å². The van der Waals surface area contributed by atoms with Crippen LogP contribution in [0.4, 0.5) is 11.4 Å². The fraction of sp³-hybridized carbons (Fsp3) is 0.133. The molecule has 2 aromatic carbocycles. The zero-order chi connectivity index (χ0) is 14.7. The summed E-state index contributed by atoms with van der Waals surface area (Å²) in [7, 11) is 1.61. The van der Waals surface area contributed by atoms with Crippen molar-refractivity contribution < 1.29 is 4.74 Å². The molecule has 0 amide bonds. The molecule has 0 saturated heterocycles. The highest BCUT2D eigenvalue weighted by Crippen LogP contribution is 2.31. The second-order valence-corrected chi connectivity index (χ2v) is 5.26. The molecule has 0 heterocycles. The van der Waals surface area contributed by atoms with Crippen LogP contribution in [0.3, 0.4) is 0 Å². The van der Waals surface area contributed by atoms with Gasteiger partial charge in [-0.05, 0) is 37.3 Å². The Morgan fingerprint density at radius 2 is 1.95 bits per heavy atom. The molecule has 0 bridgehead atoms. The largest absolute Gasteiger partial charge is 0.495 e. The van der Waals surface area contributed by atoms with E-state index in [9.17, 15) is 0 Å². The number of anilines is 2. The molecule has 0 fully saturated rings. The topological polar surface area (TPSA) is 47.3 Å². The zero-order valence-electron chi connectivity index (χ0n) is 11.2. The summed E-state index contributed by atoms with van der Waals surface area (Å²) in [6.07, 6.45) is 0. The zero-order valence-corrected chi connectivity index (χ0v) is 12.8. The van der Waals surface area contributed by atoms with Crippen LogP contribution in [-0.4, -0.2) is 12.1 Å². The molecular weight excluding hydrogens is 292 g/mol. The van der Waals surface area contributed by atoms with Gasteiger partial charge in [-0.3, -0.25) is 0 Å². The molecule has 0 atom stereocenters. The molecular formula is C15H15ClN2OS. The maximum absolute atomic E-state index is 6.02. The molecule has 0 saturated carbocycles. The Morgan fingerprint density at radius 1 is 1.20 bits per heavy atom. The Balaban J connectivity index is 2.44. The summed E-state index contributed by atoms with van der Waals surface area (Å²) >= 11 is 11.1. The molecule has 0 radical (unpaired) electrons. The number of ether oxygens (including phenoxy) is 1. The van der Waals surface area contributed by atoms with Gasteiger partial charge in [0.25, 0.3) is 0 Å². The average Bonchev–Trinajstić information content (AvgIpc) is 2.41. The van der Waals surface area contributed by atoms with E-state index < -0.39 is 0 Å². The summed E-state index contributed by atoms with van der Waals surface area (Å²) in [4.78, 5) is 0.345. The molecule has 5 heteroatoms. The van der Waals surface area contributed by atoms with E-state index in [4.69, 9.17) is 34.3 Å². The van der Waals surface area contributed by atoms with Crippen LogP contribution in [0.15, 0.2) is 36.4 Å². The number of aryl methyl sites for hydroxylation is 1. The molecule has 20 heavy (non-hydrogen) atoms. The Morgan fingerprint density at radius 3 is 2.60 bits per heavy atom. The van der Waals surface area contributed by atoms with Gasteiger partial charge in [0.2, 0.25) is 0 Å². The molecule has 0 aromatic heterocycles. The number of hydrogen-bond acceptors (Lipinski definition) is 3. The normalized spacial score (nSPS) is 10.2. The second-order valence-electron chi connectivity index (χ2n) is 4.38. The first-order valence-corrected chi connectivity index (χ1v) is 6.81. The predicted octanol–water partition coefficient (Wildman–Crippen LogP) is 4.03. The van der Waals surface area contributed by atoms with Gasteiger partial charge in [-0.2, -0.15) is 0 Å². The molecule has 104 valence electrons. The minimum Gasteiger partial charge on any atom is -0.495 e. The Labute approximate surface area is 128 Å². The first-order valence-electron chi connectivity index (χ1n) is 6.02. The third kappa shape index (κ3) is 3.21. The average molecular weight is 307 g/mol. The number of thiocarbonyl (C=S) groups is 1. The van der Waals surface area contributed by atoms with E-state index in [1.807, 2.05) is 25.1 Å². The SMILES string of the molecule is COc1ccc(Cl)cc1Nc1ccc(C)cc1C(N)=S. The Kier molecular flexibility index (Phi) is 4.47. The minimum atomic E-state index is 0.345. The molecule has 0 spiro atoms. The van der Waals surface area contributed by atoms with E-state index in [-0.39, 0.29) is 0 Å². The van der Waals surface area contributed by atoms with E-state index in [1.165, 1.54) is 0 Å². The molecule has 0 aliphatic carbocycles. The molecule has 3 N–H and O–H groups in total. The van der Waals surface area contributed by atoms with Crippen molar-refractivity contribution in [2.24, 2.45) is 5.73 Å². The highest BCUT2D eigenvalue weighted by molar-refractivity contribution is 7.80. The number of rotatable bonds is 4. The van der Waals surface area contributed by atoms with Gasteiger partial charge >= 0.3 is 0 Å². The maximum atomic E-state index is 6.02. The highest BCUT2D eigenvalue weighted by atomic mass is 35.5. The van der Waals surface area contributed by atoms with E-state index in [1.54, 1.807) is 25.3 Å². The van der Waals surface area contributed by atoms with Gasteiger partial charge in [-0.1, -0.05) is 35.4 Å². The van der Waals surface area contributed by atoms with Crippen LogP contribution in [-0.2, 0) is 0 Å². The molecule has 2 rings (SSSR count). The summed E-state index contributed by atoms with van der Waals surface area (Å²) in [6, 6.07) is 11.2. The monoisotopic (exact) mass is 306 g/mol. The Hall–Kier alpha value is -1.78. The van der Waals surface area contributed by atoms with Crippen molar-refractivity contribution in [2.45, 2.75) is 6.92 Å². The first kappa shape index (κ1) is 14.6. The number of methoxy groups -OCH3 is 1. The molecule has 0 aliphatic rings. The van der Waals surface area contributed by atoms with E-state index in [0.717, 1.165) is 22.5 Å². The lowest BCUT2D eigenvalue weighted by Gasteiger charge is -2.15. The first-order chi connectivity index (χ1) is 9.51. The van der Waals surface area contributed by atoms with Crippen molar-refractivity contribution in [1.29, 1.82) is 0 Å². The smallest absolute Gasteiger partial charge is 0.142 e. The van der Waals surface area contributed by atoms with Crippen LogP contribution >= 0.6 is 23.8 Å². The molecule has 0 aliphatic heterocycles. The number of nitrogens with two attached hydrogens (primary N) is 1. The molecule has 0 unspecified atom stereocenters. The maximum Gasteiger partial charge on any atom is 0.142 e. The summed E-state index contributed by atoms with van der Waals surface area (Å²) in [5.74, 6) is 0.698. The second kappa shape index (κ2) is 6.11. The number of hydrogen-bond donors (Lipinski definition) is 2. The van der Waals surface area contributed by atoms with Crippen LogP contribution in [0.1, 0.15) is 11.1 Å². The number of benzene rings is 2. The van der Waals surface area contributed by atoms with Crippen LogP contribution in [0.5, 0.6) is 5.75 Å². The fourth-order valence-electron chi connectivity index (χ4n) is 1.89. The molecule has 2 aromatic rings. The van der Waals surface area contributed by atoms with Gasteiger partial charge in [0, 0.05) is 16.3 Å². The number of halogens is 1. The Bertz CT molecular complexity index is 658. The van der Waals surface area contributed by atoms with E-state index in [0.29, 0.717) is 15.8 Å². The van der Waals surface area contributed by atoms with Crippen molar-refractivity contribution in [2.75, 3.05) is 12.4 Å². The van der Waals surface area contributed by atoms with E-state index in [2.05, 4.69) is 5.32 Å². The quantitative estimate of drug-likeness (QED) is 0.837. The lowest BCUT2D eigenvalue weighted by atomic mass is 10.1. The van der Waals surface area contributed by atoms with Crippen LogP contribution < -0.4 is 15.8 Å². The van der Waals surface area contributed by atoms with Crippen molar-refractivity contribution in [1.82, 2.24) is 0 Å². The summed E-state index contributed by atoms with van der Waals surface area (Å²) < 4.78 is 5.31. The van der Waals surface area contributed by atoms with Gasteiger partial charge in [0.05, 0.1) is 12.8 Å². The molecule has 3 nitrogen and oxygen atoms in total. The standard InChI is InChI=1S/C15H15ClN2OS/c1-9-3-5-12(11(7-9)15(17)20)18-13-8-10(16)4-6-14(13)19-2/h3-8,18H,1-2H3,(H2,17,20). The minimum absolute atomic E-state index is 0.345. The van der Waals surface area contributed by atoms with Crippen molar-refractivity contribution >= 4 is 40.2 Å². The van der Waals surface area contributed by atoms with Crippen LogP contribution in [0.25, 0.3) is 0 Å². The summed E-state index contributed by atoms with van der Waals surface area (Å²) in [5.41, 5.74) is 9.25. The van der Waals surface area contributed by atoms with E-state index >= 15 is 0 Å². The number of nitrogens with one attached hydrogen (secondary N) is 1. The van der Waals surface area contributed by atoms with Gasteiger partial charge in [0.1, 0.15) is 10.7 Å².